The standard InChI is InChI=1S/C20H23NO2/c1-20(2,3)23-19(22)18-17(16-12-8-5-9-13-16)21(18)14-15-10-6-4-7-11-15/h4-13,17-18H,14H2,1-3H3/t17?,18-,21?/m1/s1. The summed E-state index contributed by atoms with van der Waals surface area (Å²) in [6.45, 7) is 6.48. The number of carbonyl (C=O) groups is 1. The van der Waals surface area contributed by atoms with E-state index in [1.165, 1.54) is 11.1 Å². The normalized spacial score (nSPS) is 23.3. The van der Waals surface area contributed by atoms with Crippen LogP contribution in [0.4, 0.5) is 0 Å². The van der Waals surface area contributed by atoms with E-state index in [9.17, 15) is 4.79 Å². The number of nitrogens with zero attached hydrogens (tertiary/aromatic N) is 1. The van der Waals surface area contributed by atoms with Crippen molar-refractivity contribution in [2.24, 2.45) is 0 Å². The van der Waals surface area contributed by atoms with Crippen molar-refractivity contribution in [1.82, 2.24) is 4.90 Å². The molecule has 1 fully saturated rings. The molecule has 0 saturated carbocycles. The maximum absolute atomic E-state index is 12.5. The summed E-state index contributed by atoms with van der Waals surface area (Å²) in [7, 11) is 0. The van der Waals surface area contributed by atoms with Gasteiger partial charge in [0.2, 0.25) is 0 Å². The summed E-state index contributed by atoms with van der Waals surface area (Å²) in [6.07, 6.45) is 0. The largest absolute Gasteiger partial charge is 0.459 e. The molecule has 2 aromatic rings. The molecule has 120 valence electrons. The van der Waals surface area contributed by atoms with Gasteiger partial charge in [-0.1, -0.05) is 60.7 Å². The van der Waals surface area contributed by atoms with Crippen molar-refractivity contribution in [3.63, 3.8) is 0 Å². The number of hydrogen-bond acceptors (Lipinski definition) is 3. The zero-order chi connectivity index (χ0) is 16.4. The molecule has 1 aliphatic heterocycles. The van der Waals surface area contributed by atoms with Gasteiger partial charge in [-0.25, -0.2) is 0 Å². The molecule has 3 rings (SSSR count). The van der Waals surface area contributed by atoms with E-state index < -0.39 is 5.60 Å². The van der Waals surface area contributed by atoms with Crippen LogP contribution >= 0.6 is 0 Å². The van der Waals surface area contributed by atoms with Crippen LogP contribution in [0.1, 0.15) is 37.9 Å². The Bertz CT molecular complexity index is 661. The van der Waals surface area contributed by atoms with Crippen LogP contribution in [0.5, 0.6) is 0 Å². The molecular weight excluding hydrogens is 286 g/mol. The van der Waals surface area contributed by atoms with Gasteiger partial charge < -0.3 is 4.74 Å². The Hall–Kier alpha value is -2.13. The average Bonchev–Trinajstić information content (AvgIpc) is 3.21. The molecule has 2 aromatic carbocycles. The molecule has 0 aliphatic carbocycles. The Morgan fingerprint density at radius 3 is 2.13 bits per heavy atom. The van der Waals surface area contributed by atoms with Gasteiger partial charge in [0.05, 0.1) is 6.04 Å². The van der Waals surface area contributed by atoms with Gasteiger partial charge in [-0.2, -0.15) is 0 Å². The second-order valence-electron chi connectivity index (χ2n) is 6.99. The number of carbonyl (C=O) groups excluding carboxylic acids is 1. The summed E-state index contributed by atoms with van der Waals surface area (Å²) in [5.41, 5.74) is 1.91. The monoisotopic (exact) mass is 309 g/mol. The van der Waals surface area contributed by atoms with Crippen LogP contribution in [0.2, 0.25) is 0 Å². The molecule has 0 aromatic heterocycles. The molecular formula is C20H23NO2. The zero-order valence-corrected chi connectivity index (χ0v) is 13.9. The van der Waals surface area contributed by atoms with Crippen LogP contribution in [-0.2, 0) is 16.1 Å². The molecule has 1 saturated heterocycles. The smallest absolute Gasteiger partial charge is 0.325 e. The highest BCUT2D eigenvalue weighted by Crippen LogP contribution is 2.45. The Morgan fingerprint density at radius 2 is 1.57 bits per heavy atom. The third kappa shape index (κ3) is 3.80. The summed E-state index contributed by atoms with van der Waals surface area (Å²) in [5, 5.41) is 0. The lowest BCUT2D eigenvalue weighted by Crippen LogP contribution is -2.28. The first-order valence-corrected chi connectivity index (χ1v) is 8.03. The van der Waals surface area contributed by atoms with Crippen molar-refractivity contribution in [2.45, 2.75) is 45.0 Å². The second kappa shape index (κ2) is 6.17. The molecule has 0 amide bonds. The summed E-state index contributed by atoms with van der Waals surface area (Å²) in [5.74, 6) is -0.137. The summed E-state index contributed by atoms with van der Waals surface area (Å²) >= 11 is 0. The highest BCUT2D eigenvalue weighted by Gasteiger charge is 2.54. The molecule has 0 bridgehead atoms. The van der Waals surface area contributed by atoms with Gasteiger partial charge in [0.15, 0.2) is 0 Å². The highest BCUT2D eigenvalue weighted by molar-refractivity contribution is 5.81. The Kier molecular flexibility index (Phi) is 4.22. The van der Waals surface area contributed by atoms with Crippen LogP contribution in [0.25, 0.3) is 0 Å². The van der Waals surface area contributed by atoms with Gasteiger partial charge in [0.1, 0.15) is 11.6 Å². The van der Waals surface area contributed by atoms with Crippen molar-refractivity contribution < 1.29 is 9.53 Å². The van der Waals surface area contributed by atoms with Crippen LogP contribution in [0.3, 0.4) is 0 Å². The first kappa shape index (κ1) is 15.8. The van der Waals surface area contributed by atoms with Crippen molar-refractivity contribution in [3.8, 4) is 0 Å². The number of hydrogen-bond donors (Lipinski definition) is 0. The Balaban J connectivity index is 1.79. The second-order valence-corrected chi connectivity index (χ2v) is 6.99. The van der Waals surface area contributed by atoms with Crippen LogP contribution in [-0.4, -0.2) is 22.5 Å². The van der Waals surface area contributed by atoms with E-state index in [4.69, 9.17) is 4.74 Å². The molecule has 23 heavy (non-hydrogen) atoms. The van der Waals surface area contributed by atoms with Crippen molar-refractivity contribution in [2.75, 3.05) is 0 Å². The van der Waals surface area contributed by atoms with Crippen molar-refractivity contribution in [3.05, 3.63) is 71.8 Å². The fourth-order valence-electron chi connectivity index (χ4n) is 2.92. The fourth-order valence-corrected chi connectivity index (χ4v) is 2.92. The molecule has 0 spiro atoms. The third-order valence-electron chi connectivity index (χ3n) is 3.92. The first-order valence-electron chi connectivity index (χ1n) is 8.03. The van der Waals surface area contributed by atoms with Crippen LogP contribution in [0.15, 0.2) is 60.7 Å². The highest BCUT2D eigenvalue weighted by atomic mass is 16.6. The number of benzene rings is 2. The minimum Gasteiger partial charge on any atom is -0.459 e. The molecule has 1 aliphatic rings. The van der Waals surface area contributed by atoms with Gasteiger partial charge >= 0.3 is 5.97 Å². The summed E-state index contributed by atoms with van der Waals surface area (Å²) in [4.78, 5) is 14.7. The van der Waals surface area contributed by atoms with Gasteiger partial charge in [0, 0.05) is 6.54 Å². The minimum absolute atomic E-state index is 0.103. The molecule has 3 nitrogen and oxygen atoms in total. The molecule has 2 unspecified atom stereocenters. The van der Waals surface area contributed by atoms with E-state index in [2.05, 4.69) is 29.2 Å². The minimum atomic E-state index is -0.459. The number of ether oxygens (including phenoxy) is 1. The van der Waals surface area contributed by atoms with E-state index in [0.29, 0.717) is 0 Å². The van der Waals surface area contributed by atoms with E-state index in [1.807, 2.05) is 57.2 Å². The van der Waals surface area contributed by atoms with E-state index >= 15 is 0 Å². The Labute approximate surface area is 137 Å². The Morgan fingerprint density at radius 1 is 1.00 bits per heavy atom. The fraction of sp³-hybridized carbons (Fsp3) is 0.350. The lowest BCUT2D eigenvalue weighted by molar-refractivity contribution is -0.155. The maximum atomic E-state index is 12.5. The topological polar surface area (TPSA) is 29.3 Å². The first-order chi connectivity index (χ1) is 11.0. The summed E-state index contributed by atoms with van der Waals surface area (Å²) < 4.78 is 5.60. The van der Waals surface area contributed by atoms with E-state index in [-0.39, 0.29) is 18.1 Å². The molecule has 3 heteroatoms. The molecule has 0 N–H and O–H groups in total. The maximum Gasteiger partial charge on any atom is 0.325 e. The summed E-state index contributed by atoms with van der Waals surface area (Å²) in [6, 6.07) is 20.3. The average molecular weight is 309 g/mol. The lowest BCUT2D eigenvalue weighted by atomic mass is 10.1. The van der Waals surface area contributed by atoms with Crippen LogP contribution in [0, 0.1) is 0 Å². The SMILES string of the molecule is CC(C)(C)OC(=O)[C@H]1C(c2ccccc2)N1Cc1ccccc1. The van der Waals surface area contributed by atoms with Gasteiger partial charge in [0.25, 0.3) is 0 Å². The van der Waals surface area contributed by atoms with Crippen molar-refractivity contribution in [1.29, 1.82) is 0 Å². The predicted molar refractivity (Wildman–Crippen MR) is 90.8 cm³/mol. The van der Waals surface area contributed by atoms with E-state index in [0.717, 1.165) is 6.54 Å². The number of rotatable bonds is 4. The zero-order valence-electron chi connectivity index (χ0n) is 13.9. The van der Waals surface area contributed by atoms with Gasteiger partial charge in [-0.3, -0.25) is 9.69 Å². The molecule has 1 heterocycles. The van der Waals surface area contributed by atoms with E-state index in [1.54, 1.807) is 0 Å². The van der Waals surface area contributed by atoms with Gasteiger partial charge in [-0.15, -0.1) is 0 Å². The quantitative estimate of drug-likeness (QED) is 0.632. The van der Waals surface area contributed by atoms with Gasteiger partial charge in [-0.05, 0) is 31.9 Å². The van der Waals surface area contributed by atoms with Crippen LogP contribution < -0.4 is 0 Å². The number of esters is 1. The molecule has 0 radical (unpaired) electrons. The third-order valence-corrected chi connectivity index (χ3v) is 3.92. The predicted octanol–water partition coefficient (Wildman–Crippen LogP) is 3.95. The van der Waals surface area contributed by atoms with Crippen molar-refractivity contribution >= 4 is 5.97 Å². The molecule has 3 atom stereocenters. The lowest BCUT2D eigenvalue weighted by Gasteiger charge is -2.19.